The number of benzene rings is 1. The molecule has 6 nitrogen and oxygen atoms in total. The maximum atomic E-state index is 10.3. The molecule has 0 aromatic heterocycles. The highest BCUT2D eigenvalue weighted by Gasteiger charge is 2.14. The van der Waals surface area contributed by atoms with Crippen molar-refractivity contribution in [3.63, 3.8) is 0 Å². The van der Waals surface area contributed by atoms with E-state index in [1.807, 2.05) is 0 Å². The SMILES string of the molecule is COc1ccc(/C=C\[N+](=O)[O-])c(OC)c1OC. The summed E-state index contributed by atoms with van der Waals surface area (Å²) in [7, 11) is 4.44. The van der Waals surface area contributed by atoms with Gasteiger partial charge in [-0.2, -0.15) is 0 Å². The highest BCUT2D eigenvalue weighted by atomic mass is 16.6. The molecule has 17 heavy (non-hydrogen) atoms. The van der Waals surface area contributed by atoms with Gasteiger partial charge in [-0.3, -0.25) is 10.1 Å². The lowest BCUT2D eigenvalue weighted by atomic mass is 10.1. The predicted molar refractivity (Wildman–Crippen MR) is 62.1 cm³/mol. The van der Waals surface area contributed by atoms with E-state index in [1.54, 1.807) is 12.1 Å². The zero-order chi connectivity index (χ0) is 12.8. The van der Waals surface area contributed by atoms with Crippen LogP contribution in [0.3, 0.4) is 0 Å². The molecule has 0 aliphatic rings. The van der Waals surface area contributed by atoms with Gasteiger partial charge in [0.15, 0.2) is 11.5 Å². The van der Waals surface area contributed by atoms with Crippen molar-refractivity contribution in [2.24, 2.45) is 0 Å². The Labute approximate surface area is 98.6 Å². The molecule has 1 aromatic carbocycles. The predicted octanol–water partition coefficient (Wildman–Crippen LogP) is 1.96. The van der Waals surface area contributed by atoms with Crippen molar-refractivity contribution in [3.05, 3.63) is 34.0 Å². The fourth-order valence-corrected chi connectivity index (χ4v) is 1.40. The van der Waals surface area contributed by atoms with Gasteiger partial charge in [0.05, 0.1) is 26.3 Å². The van der Waals surface area contributed by atoms with Crippen LogP contribution in [-0.2, 0) is 0 Å². The summed E-state index contributed by atoms with van der Waals surface area (Å²) < 4.78 is 15.4. The maximum absolute atomic E-state index is 10.3. The average Bonchev–Trinajstić information content (AvgIpc) is 2.34. The molecule has 0 aliphatic heterocycles. The van der Waals surface area contributed by atoms with E-state index in [9.17, 15) is 10.1 Å². The first kappa shape index (κ1) is 12.8. The Balaban J connectivity index is 3.28. The monoisotopic (exact) mass is 239 g/mol. The standard InChI is InChI=1S/C11H13NO5/c1-15-9-5-4-8(6-7-12(13)14)10(16-2)11(9)17-3/h4-7H,1-3H3/b7-6-. The number of hydrogen-bond acceptors (Lipinski definition) is 5. The molecule has 1 aromatic rings. The summed E-state index contributed by atoms with van der Waals surface area (Å²) >= 11 is 0. The lowest BCUT2D eigenvalue weighted by Crippen LogP contribution is -1.96. The molecule has 0 unspecified atom stereocenters. The average molecular weight is 239 g/mol. The summed E-state index contributed by atoms with van der Waals surface area (Å²) in [5.41, 5.74) is 0.543. The molecule has 0 atom stereocenters. The van der Waals surface area contributed by atoms with Crippen LogP contribution < -0.4 is 14.2 Å². The second-order valence-electron chi connectivity index (χ2n) is 3.02. The van der Waals surface area contributed by atoms with Crippen LogP contribution in [0.5, 0.6) is 17.2 Å². The fraction of sp³-hybridized carbons (Fsp3) is 0.273. The van der Waals surface area contributed by atoms with Gasteiger partial charge in [-0.05, 0) is 12.1 Å². The van der Waals surface area contributed by atoms with Gasteiger partial charge in [-0.15, -0.1) is 0 Å². The van der Waals surface area contributed by atoms with E-state index in [0.717, 1.165) is 6.20 Å². The summed E-state index contributed by atoms with van der Waals surface area (Å²) in [5, 5.41) is 10.3. The Kier molecular flexibility index (Phi) is 4.33. The molecular weight excluding hydrogens is 226 g/mol. The largest absolute Gasteiger partial charge is 0.493 e. The van der Waals surface area contributed by atoms with E-state index in [1.165, 1.54) is 27.4 Å². The van der Waals surface area contributed by atoms with E-state index in [2.05, 4.69) is 0 Å². The summed E-state index contributed by atoms with van der Waals surface area (Å²) in [4.78, 5) is 9.73. The van der Waals surface area contributed by atoms with Crippen LogP contribution in [0, 0.1) is 10.1 Å². The zero-order valence-electron chi connectivity index (χ0n) is 9.80. The van der Waals surface area contributed by atoms with Gasteiger partial charge in [0.25, 0.3) is 0 Å². The molecule has 0 amide bonds. The van der Waals surface area contributed by atoms with Gasteiger partial charge in [0, 0.05) is 11.6 Å². The van der Waals surface area contributed by atoms with Crippen molar-refractivity contribution < 1.29 is 19.1 Å². The van der Waals surface area contributed by atoms with Gasteiger partial charge >= 0.3 is 0 Å². The highest BCUT2D eigenvalue weighted by Crippen LogP contribution is 2.40. The Hall–Kier alpha value is -2.24. The van der Waals surface area contributed by atoms with Crippen LogP contribution in [0.15, 0.2) is 18.3 Å². The van der Waals surface area contributed by atoms with Gasteiger partial charge in [0.2, 0.25) is 11.9 Å². The third-order valence-corrected chi connectivity index (χ3v) is 2.11. The molecule has 0 heterocycles. The van der Waals surface area contributed by atoms with Gasteiger partial charge in [-0.1, -0.05) is 0 Å². The Bertz CT molecular complexity index is 442. The van der Waals surface area contributed by atoms with Gasteiger partial charge < -0.3 is 14.2 Å². The Morgan fingerprint density at radius 2 is 1.76 bits per heavy atom. The molecule has 1 rings (SSSR count). The zero-order valence-corrected chi connectivity index (χ0v) is 9.80. The highest BCUT2D eigenvalue weighted by molar-refractivity contribution is 5.66. The Morgan fingerprint density at radius 3 is 2.24 bits per heavy atom. The number of methoxy groups -OCH3 is 3. The first-order valence-corrected chi connectivity index (χ1v) is 4.74. The van der Waals surface area contributed by atoms with Crippen LogP contribution in [-0.4, -0.2) is 26.3 Å². The molecule has 0 N–H and O–H groups in total. The third-order valence-electron chi connectivity index (χ3n) is 2.11. The summed E-state index contributed by atoms with van der Waals surface area (Å²) in [5.74, 6) is 1.30. The summed E-state index contributed by atoms with van der Waals surface area (Å²) in [6, 6.07) is 3.31. The van der Waals surface area contributed by atoms with Crippen LogP contribution in [0.2, 0.25) is 0 Å². The van der Waals surface area contributed by atoms with Crippen LogP contribution in [0.4, 0.5) is 0 Å². The van der Waals surface area contributed by atoms with Crippen LogP contribution in [0.25, 0.3) is 6.08 Å². The van der Waals surface area contributed by atoms with Crippen molar-refractivity contribution in [2.45, 2.75) is 0 Å². The smallest absolute Gasteiger partial charge is 0.235 e. The quantitative estimate of drug-likeness (QED) is 0.580. The van der Waals surface area contributed by atoms with Gasteiger partial charge in [0.1, 0.15) is 0 Å². The number of rotatable bonds is 5. The first-order valence-electron chi connectivity index (χ1n) is 4.74. The molecule has 0 spiro atoms. The van der Waals surface area contributed by atoms with Gasteiger partial charge in [-0.25, -0.2) is 0 Å². The molecular formula is C11H13NO5. The molecule has 0 bridgehead atoms. The minimum atomic E-state index is -0.545. The van der Waals surface area contributed by atoms with Crippen molar-refractivity contribution in [1.29, 1.82) is 0 Å². The second kappa shape index (κ2) is 5.74. The molecule has 0 saturated carbocycles. The van der Waals surface area contributed by atoms with Crippen molar-refractivity contribution in [3.8, 4) is 17.2 Å². The van der Waals surface area contributed by atoms with E-state index in [4.69, 9.17) is 14.2 Å². The van der Waals surface area contributed by atoms with E-state index >= 15 is 0 Å². The molecule has 92 valence electrons. The molecule has 0 radical (unpaired) electrons. The number of nitrogens with zero attached hydrogens (tertiary/aromatic N) is 1. The molecule has 0 aliphatic carbocycles. The van der Waals surface area contributed by atoms with Crippen molar-refractivity contribution >= 4 is 6.08 Å². The van der Waals surface area contributed by atoms with Crippen LogP contribution in [0.1, 0.15) is 5.56 Å². The van der Waals surface area contributed by atoms with Crippen LogP contribution >= 0.6 is 0 Å². The molecule has 6 heteroatoms. The maximum Gasteiger partial charge on any atom is 0.235 e. The number of hydrogen-bond donors (Lipinski definition) is 0. The van der Waals surface area contributed by atoms with Crippen molar-refractivity contribution in [1.82, 2.24) is 0 Å². The molecule has 0 fully saturated rings. The van der Waals surface area contributed by atoms with E-state index < -0.39 is 4.92 Å². The first-order chi connectivity index (χ1) is 8.13. The summed E-state index contributed by atoms with van der Waals surface area (Å²) in [6.45, 7) is 0. The number of ether oxygens (including phenoxy) is 3. The minimum absolute atomic E-state index is 0.393. The third kappa shape index (κ3) is 2.87. The topological polar surface area (TPSA) is 70.8 Å². The Morgan fingerprint density at radius 1 is 1.12 bits per heavy atom. The minimum Gasteiger partial charge on any atom is -0.493 e. The second-order valence-corrected chi connectivity index (χ2v) is 3.02. The lowest BCUT2D eigenvalue weighted by Gasteiger charge is -2.13. The summed E-state index contributed by atoms with van der Waals surface area (Å²) in [6.07, 6.45) is 2.17. The fourth-order valence-electron chi connectivity index (χ4n) is 1.40. The van der Waals surface area contributed by atoms with Crippen molar-refractivity contribution in [2.75, 3.05) is 21.3 Å². The molecule has 0 saturated heterocycles. The van der Waals surface area contributed by atoms with E-state index in [0.29, 0.717) is 22.8 Å². The normalized spacial score (nSPS) is 10.3. The number of nitro groups is 1. The van der Waals surface area contributed by atoms with E-state index in [-0.39, 0.29) is 0 Å². The lowest BCUT2D eigenvalue weighted by molar-refractivity contribution is -0.400.